The topological polar surface area (TPSA) is 63.6 Å². The fraction of sp³-hybridized carbons (Fsp3) is 0.805. The normalized spacial score (nSPS) is 12.6. The van der Waals surface area contributed by atoms with E-state index in [2.05, 4.69) is 50.3 Å². The Kier molecular flexibility index (Phi) is 35.1. The molecule has 0 saturated carbocycles. The first kappa shape index (κ1) is 43.2. The molecule has 0 aromatic heterocycles. The van der Waals surface area contributed by atoms with Gasteiger partial charge in [-0.2, -0.15) is 0 Å². The highest BCUT2D eigenvalue weighted by Gasteiger charge is 2.14. The van der Waals surface area contributed by atoms with Crippen LogP contribution in [0.25, 0.3) is 0 Å². The zero-order valence-electron chi connectivity index (χ0n) is 29.9. The summed E-state index contributed by atoms with van der Waals surface area (Å²) in [7, 11) is 0. The van der Waals surface area contributed by atoms with E-state index in [4.69, 9.17) is 9.84 Å². The Morgan fingerprint density at radius 1 is 0.489 bits per heavy atom. The number of ether oxygens (including phenoxy) is 1. The molecule has 0 aliphatic heterocycles. The first-order valence-corrected chi connectivity index (χ1v) is 19.5. The van der Waals surface area contributed by atoms with Crippen molar-refractivity contribution >= 4 is 11.9 Å². The minimum absolute atomic E-state index is 0.0260. The third-order valence-corrected chi connectivity index (χ3v) is 8.58. The highest BCUT2D eigenvalue weighted by molar-refractivity contribution is 5.69. The zero-order valence-corrected chi connectivity index (χ0v) is 29.9. The number of carbonyl (C=O) groups is 2. The van der Waals surface area contributed by atoms with Gasteiger partial charge in [-0.05, 0) is 96.3 Å². The van der Waals surface area contributed by atoms with E-state index in [1.807, 2.05) is 0 Å². The van der Waals surface area contributed by atoms with E-state index in [0.717, 1.165) is 64.2 Å². The number of carboxylic acid groups (broad SMARTS) is 1. The second kappa shape index (κ2) is 36.6. The molecule has 0 aromatic rings. The van der Waals surface area contributed by atoms with Gasteiger partial charge in [0.05, 0.1) is 0 Å². The Labute approximate surface area is 279 Å². The first-order chi connectivity index (χ1) is 22.1. The second-order valence-corrected chi connectivity index (χ2v) is 13.1. The zero-order chi connectivity index (χ0) is 32.9. The van der Waals surface area contributed by atoms with E-state index in [9.17, 15) is 9.59 Å². The summed E-state index contributed by atoms with van der Waals surface area (Å²) in [5.74, 6) is -0.739. The molecule has 0 aliphatic carbocycles. The summed E-state index contributed by atoms with van der Waals surface area (Å²) in [6, 6.07) is 0. The minimum Gasteiger partial charge on any atom is -0.481 e. The maximum atomic E-state index is 12.6. The van der Waals surface area contributed by atoms with Gasteiger partial charge in [0.15, 0.2) is 0 Å². The van der Waals surface area contributed by atoms with Gasteiger partial charge in [-0.1, -0.05) is 134 Å². The van der Waals surface area contributed by atoms with Crippen molar-refractivity contribution in [3.8, 4) is 0 Å². The predicted octanol–water partition coefficient (Wildman–Crippen LogP) is 13.4. The van der Waals surface area contributed by atoms with E-state index in [-0.39, 0.29) is 18.5 Å². The standard InChI is InChI=1S/C41H74O4/c1-3-5-7-9-11-12-13-14-15-16-17-18-19-20-21-22-23-24-26-28-34-38-41(44)45-39(35-31-27-25-10-8-6-4-2)36-32-29-30-33-37-40(42)43/h11-12,14-15,20-21,39H,3-10,13,16-19,22-38H2,1-2H3,(H,42,43)/b12-11-,15-14-,21-20-. The second-order valence-electron chi connectivity index (χ2n) is 13.1. The molecule has 1 unspecified atom stereocenters. The van der Waals surface area contributed by atoms with Crippen LogP contribution in [0.2, 0.25) is 0 Å². The largest absolute Gasteiger partial charge is 0.481 e. The Hall–Kier alpha value is -1.84. The van der Waals surface area contributed by atoms with Crippen LogP contribution in [-0.2, 0) is 14.3 Å². The number of hydrogen-bond acceptors (Lipinski definition) is 3. The van der Waals surface area contributed by atoms with Gasteiger partial charge in [0.25, 0.3) is 0 Å². The Bertz CT molecular complexity index is 723. The maximum absolute atomic E-state index is 12.6. The lowest BCUT2D eigenvalue weighted by Crippen LogP contribution is -2.18. The smallest absolute Gasteiger partial charge is 0.306 e. The molecule has 1 atom stereocenters. The molecule has 0 aromatic carbocycles. The van der Waals surface area contributed by atoms with Crippen molar-refractivity contribution in [2.75, 3.05) is 0 Å². The average molecular weight is 631 g/mol. The molecule has 0 fully saturated rings. The van der Waals surface area contributed by atoms with Gasteiger partial charge in [-0.3, -0.25) is 9.59 Å². The summed E-state index contributed by atoms with van der Waals surface area (Å²) in [6.07, 6.45) is 47.4. The minimum atomic E-state index is -0.713. The lowest BCUT2D eigenvalue weighted by atomic mass is 10.0. The summed E-state index contributed by atoms with van der Waals surface area (Å²) in [6.45, 7) is 4.50. The summed E-state index contributed by atoms with van der Waals surface area (Å²) < 4.78 is 5.94. The van der Waals surface area contributed by atoms with Gasteiger partial charge in [-0.25, -0.2) is 0 Å². The molecule has 1 N–H and O–H groups in total. The van der Waals surface area contributed by atoms with Crippen molar-refractivity contribution in [1.29, 1.82) is 0 Å². The molecular formula is C41H74O4. The number of carbonyl (C=O) groups excluding carboxylic acids is 1. The monoisotopic (exact) mass is 631 g/mol. The maximum Gasteiger partial charge on any atom is 0.306 e. The van der Waals surface area contributed by atoms with E-state index in [1.54, 1.807) is 0 Å². The fourth-order valence-corrected chi connectivity index (χ4v) is 5.68. The molecule has 45 heavy (non-hydrogen) atoms. The van der Waals surface area contributed by atoms with E-state index in [1.165, 1.54) is 116 Å². The molecule has 0 saturated heterocycles. The Balaban J connectivity index is 3.86. The molecule has 4 heteroatoms. The predicted molar refractivity (Wildman–Crippen MR) is 195 cm³/mol. The van der Waals surface area contributed by atoms with Crippen LogP contribution in [0, 0.1) is 0 Å². The van der Waals surface area contributed by atoms with Crippen molar-refractivity contribution in [3.63, 3.8) is 0 Å². The molecule has 0 amide bonds. The lowest BCUT2D eigenvalue weighted by Gasteiger charge is -2.18. The van der Waals surface area contributed by atoms with Crippen LogP contribution in [0.4, 0.5) is 0 Å². The molecule has 0 heterocycles. The van der Waals surface area contributed by atoms with Crippen molar-refractivity contribution in [2.24, 2.45) is 0 Å². The van der Waals surface area contributed by atoms with Crippen molar-refractivity contribution in [2.45, 2.75) is 213 Å². The first-order valence-electron chi connectivity index (χ1n) is 19.5. The SMILES string of the molecule is CCCCC/C=C\C/C=C\CCCC/C=C\CCCCCCCC(=O)OC(CCCCCCCCC)CCCCCCC(=O)O. The quantitative estimate of drug-likeness (QED) is 0.0430. The van der Waals surface area contributed by atoms with Gasteiger partial charge in [0.1, 0.15) is 6.10 Å². The molecule has 0 bridgehead atoms. The van der Waals surface area contributed by atoms with E-state index >= 15 is 0 Å². The van der Waals surface area contributed by atoms with Crippen molar-refractivity contribution in [3.05, 3.63) is 36.5 Å². The summed E-state index contributed by atoms with van der Waals surface area (Å²) >= 11 is 0. The molecule has 0 radical (unpaired) electrons. The number of aliphatic carboxylic acids is 1. The van der Waals surface area contributed by atoms with Crippen LogP contribution < -0.4 is 0 Å². The number of rotatable bonds is 35. The average Bonchev–Trinajstić information content (AvgIpc) is 3.02. The lowest BCUT2D eigenvalue weighted by molar-refractivity contribution is -0.150. The van der Waals surface area contributed by atoms with Crippen LogP contribution in [-0.4, -0.2) is 23.1 Å². The fourth-order valence-electron chi connectivity index (χ4n) is 5.68. The number of carboxylic acids is 1. The summed E-state index contributed by atoms with van der Waals surface area (Å²) in [5, 5.41) is 8.82. The van der Waals surface area contributed by atoms with Crippen LogP contribution in [0.15, 0.2) is 36.5 Å². The van der Waals surface area contributed by atoms with Crippen LogP contribution in [0.1, 0.15) is 206 Å². The van der Waals surface area contributed by atoms with Crippen LogP contribution in [0.3, 0.4) is 0 Å². The van der Waals surface area contributed by atoms with Crippen molar-refractivity contribution in [1.82, 2.24) is 0 Å². The van der Waals surface area contributed by atoms with Gasteiger partial charge in [0, 0.05) is 12.8 Å². The van der Waals surface area contributed by atoms with E-state index in [0.29, 0.717) is 6.42 Å². The molecule has 4 nitrogen and oxygen atoms in total. The Morgan fingerprint density at radius 3 is 1.40 bits per heavy atom. The van der Waals surface area contributed by atoms with Gasteiger partial charge in [-0.15, -0.1) is 0 Å². The Morgan fingerprint density at radius 2 is 0.867 bits per heavy atom. The molecule has 0 rings (SSSR count). The highest BCUT2D eigenvalue weighted by Crippen LogP contribution is 2.18. The number of unbranched alkanes of at least 4 members (excludes halogenated alkanes) is 20. The van der Waals surface area contributed by atoms with Gasteiger partial charge in [0.2, 0.25) is 0 Å². The number of hydrogen-bond donors (Lipinski definition) is 1. The molecule has 0 aliphatic rings. The van der Waals surface area contributed by atoms with Crippen LogP contribution in [0.5, 0.6) is 0 Å². The highest BCUT2D eigenvalue weighted by atomic mass is 16.5. The molecule has 262 valence electrons. The number of esters is 1. The van der Waals surface area contributed by atoms with Gasteiger partial charge < -0.3 is 9.84 Å². The summed E-state index contributed by atoms with van der Waals surface area (Å²) in [4.78, 5) is 23.3. The summed E-state index contributed by atoms with van der Waals surface area (Å²) in [5.41, 5.74) is 0. The third-order valence-electron chi connectivity index (χ3n) is 8.58. The number of allylic oxidation sites excluding steroid dienone is 6. The third kappa shape index (κ3) is 36.5. The van der Waals surface area contributed by atoms with Gasteiger partial charge >= 0.3 is 11.9 Å². The van der Waals surface area contributed by atoms with E-state index < -0.39 is 5.97 Å². The van der Waals surface area contributed by atoms with Crippen LogP contribution >= 0.6 is 0 Å². The molecular weight excluding hydrogens is 556 g/mol. The van der Waals surface area contributed by atoms with Crippen molar-refractivity contribution < 1.29 is 19.4 Å². The molecule has 0 spiro atoms.